The van der Waals surface area contributed by atoms with Crippen LogP contribution >= 0.6 is 11.8 Å². The summed E-state index contributed by atoms with van der Waals surface area (Å²) in [7, 11) is 0. The van der Waals surface area contributed by atoms with Gasteiger partial charge in [-0.15, -0.1) is 11.8 Å². The Morgan fingerprint density at radius 1 is 1.00 bits per heavy atom. The van der Waals surface area contributed by atoms with Crippen molar-refractivity contribution in [2.24, 2.45) is 0 Å². The third-order valence-corrected chi connectivity index (χ3v) is 6.14. The summed E-state index contributed by atoms with van der Waals surface area (Å²) in [6.45, 7) is 1.58. The Labute approximate surface area is 179 Å². The number of nitrogens with zero attached hydrogens (tertiary/aromatic N) is 1. The van der Waals surface area contributed by atoms with E-state index in [-0.39, 0.29) is 18.4 Å². The van der Waals surface area contributed by atoms with Gasteiger partial charge in [-0.3, -0.25) is 9.59 Å². The summed E-state index contributed by atoms with van der Waals surface area (Å²) in [5, 5.41) is 11.7. The first-order valence-corrected chi connectivity index (χ1v) is 10.5. The van der Waals surface area contributed by atoms with Crippen molar-refractivity contribution < 1.29 is 19.4 Å². The second-order valence-electron chi connectivity index (χ2n) is 7.09. The first-order valence-electron chi connectivity index (χ1n) is 9.56. The highest BCUT2D eigenvalue weighted by molar-refractivity contribution is 7.99. The molecule has 6 heteroatoms. The number of ether oxygens (including phenoxy) is 1. The van der Waals surface area contributed by atoms with E-state index >= 15 is 0 Å². The first-order chi connectivity index (χ1) is 14.5. The Morgan fingerprint density at radius 2 is 1.67 bits per heavy atom. The van der Waals surface area contributed by atoms with Gasteiger partial charge in [0.1, 0.15) is 5.75 Å². The number of carbonyl (C=O) groups excluding carboxylic acids is 2. The molecule has 1 amide bonds. The molecule has 5 nitrogen and oxygen atoms in total. The molecule has 1 atom stereocenters. The molecule has 30 heavy (non-hydrogen) atoms. The Bertz CT molecular complexity index is 1070. The number of esters is 1. The van der Waals surface area contributed by atoms with E-state index in [4.69, 9.17) is 4.74 Å². The fraction of sp³-hybridized carbons (Fsp3) is 0.167. The summed E-state index contributed by atoms with van der Waals surface area (Å²) in [4.78, 5) is 26.8. The van der Waals surface area contributed by atoms with Crippen LogP contribution in [0.4, 0.5) is 0 Å². The van der Waals surface area contributed by atoms with Crippen molar-refractivity contribution in [2.75, 3.05) is 5.75 Å². The van der Waals surface area contributed by atoms with Crippen LogP contribution < -0.4 is 4.74 Å². The fourth-order valence-corrected chi connectivity index (χ4v) is 4.58. The third kappa shape index (κ3) is 3.97. The molecule has 1 N–H and O–H groups in total. The van der Waals surface area contributed by atoms with Crippen LogP contribution in [0.3, 0.4) is 0 Å². The summed E-state index contributed by atoms with van der Waals surface area (Å²) in [5.41, 5.74) is 0.540. The van der Waals surface area contributed by atoms with E-state index < -0.39 is 5.72 Å². The molecule has 1 unspecified atom stereocenters. The number of rotatable bonds is 6. The molecule has 0 fully saturated rings. The molecule has 0 aromatic heterocycles. The molecule has 1 aliphatic heterocycles. The van der Waals surface area contributed by atoms with Crippen LogP contribution in [0, 0.1) is 0 Å². The molecule has 152 valence electrons. The summed E-state index contributed by atoms with van der Waals surface area (Å²) in [6.07, 6.45) is 0. The Morgan fingerprint density at radius 3 is 2.37 bits per heavy atom. The summed E-state index contributed by atoms with van der Waals surface area (Å²) < 4.78 is 5.07. The number of carbonyl (C=O) groups is 2. The van der Waals surface area contributed by atoms with E-state index in [1.54, 1.807) is 36.4 Å². The van der Waals surface area contributed by atoms with Crippen LogP contribution in [0.25, 0.3) is 0 Å². The van der Waals surface area contributed by atoms with Crippen molar-refractivity contribution in [3.63, 3.8) is 0 Å². The minimum atomic E-state index is -1.43. The largest absolute Gasteiger partial charge is 0.427 e. The van der Waals surface area contributed by atoms with E-state index in [1.807, 2.05) is 42.5 Å². The van der Waals surface area contributed by atoms with Gasteiger partial charge in [-0.05, 0) is 35.9 Å². The fourth-order valence-electron chi connectivity index (χ4n) is 3.55. The molecule has 0 saturated carbocycles. The molecule has 4 rings (SSSR count). The minimum absolute atomic E-state index is 0.203. The zero-order valence-corrected chi connectivity index (χ0v) is 17.3. The molecule has 3 aromatic rings. The molecule has 1 aliphatic rings. The number of benzene rings is 3. The van der Waals surface area contributed by atoms with Crippen LogP contribution in [0.15, 0.2) is 83.8 Å². The molecule has 0 bridgehead atoms. The van der Waals surface area contributed by atoms with Gasteiger partial charge in [-0.1, -0.05) is 48.5 Å². The highest BCUT2D eigenvalue weighted by Crippen LogP contribution is 2.41. The van der Waals surface area contributed by atoms with Gasteiger partial charge in [0.25, 0.3) is 5.91 Å². The van der Waals surface area contributed by atoms with Crippen LogP contribution in [-0.4, -0.2) is 27.6 Å². The smallest absolute Gasteiger partial charge is 0.308 e. The van der Waals surface area contributed by atoms with E-state index in [2.05, 4.69) is 0 Å². The lowest BCUT2D eigenvalue weighted by atomic mass is 10.0. The maximum atomic E-state index is 13.1. The molecular weight excluding hydrogens is 398 g/mol. The second kappa shape index (κ2) is 8.34. The first kappa shape index (κ1) is 20.2. The van der Waals surface area contributed by atoms with E-state index in [0.29, 0.717) is 22.6 Å². The molecule has 1 heterocycles. The summed E-state index contributed by atoms with van der Waals surface area (Å²) >= 11 is 1.50. The van der Waals surface area contributed by atoms with Gasteiger partial charge < -0.3 is 14.7 Å². The highest BCUT2D eigenvalue weighted by atomic mass is 32.2. The number of thioether (sulfide) groups is 1. The molecule has 0 saturated heterocycles. The van der Waals surface area contributed by atoms with Gasteiger partial charge in [0.2, 0.25) is 0 Å². The van der Waals surface area contributed by atoms with Gasteiger partial charge in [-0.25, -0.2) is 0 Å². The third-order valence-electron chi connectivity index (χ3n) is 4.99. The molecule has 0 spiro atoms. The Balaban J connectivity index is 1.61. The molecule has 0 radical (unpaired) electrons. The van der Waals surface area contributed by atoms with Crippen molar-refractivity contribution in [1.82, 2.24) is 4.90 Å². The topological polar surface area (TPSA) is 66.8 Å². The lowest BCUT2D eigenvalue weighted by Crippen LogP contribution is -2.45. The summed E-state index contributed by atoms with van der Waals surface area (Å²) in [6, 6.07) is 23.9. The second-order valence-corrected chi connectivity index (χ2v) is 8.14. The Kier molecular flexibility index (Phi) is 5.61. The maximum Gasteiger partial charge on any atom is 0.308 e. The van der Waals surface area contributed by atoms with Crippen molar-refractivity contribution in [1.29, 1.82) is 0 Å². The molecular formula is C24H21NO4S. The monoisotopic (exact) mass is 419 g/mol. The average Bonchev–Trinajstić information content (AvgIpc) is 2.96. The normalized spacial score (nSPS) is 17.7. The van der Waals surface area contributed by atoms with Crippen LogP contribution in [0.5, 0.6) is 5.75 Å². The molecule has 0 aliphatic carbocycles. The van der Waals surface area contributed by atoms with E-state index in [1.165, 1.54) is 23.6 Å². The quantitative estimate of drug-likeness (QED) is 0.368. The minimum Gasteiger partial charge on any atom is -0.427 e. The van der Waals surface area contributed by atoms with Crippen molar-refractivity contribution in [2.45, 2.75) is 24.1 Å². The van der Waals surface area contributed by atoms with Crippen molar-refractivity contribution >= 4 is 23.6 Å². The van der Waals surface area contributed by atoms with Crippen LogP contribution in [-0.2, 0) is 17.1 Å². The van der Waals surface area contributed by atoms with Gasteiger partial charge >= 0.3 is 5.97 Å². The number of hydrogen-bond acceptors (Lipinski definition) is 5. The van der Waals surface area contributed by atoms with Crippen molar-refractivity contribution in [3.8, 4) is 5.75 Å². The predicted molar refractivity (Wildman–Crippen MR) is 115 cm³/mol. The van der Waals surface area contributed by atoms with Gasteiger partial charge in [0.15, 0.2) is 5.72 Å². The van der Waals surface area contributed by atoms with Crippen LogP contribution in [0.1, 0.15) is 28.4 Å². The molecule has 3 aromatic carbocycles. The lowest BCUT2D eigenvalue weighted by Gasteiger charge is -2.34. The van der Waals surface area contributed by atoms with Gasteiger partial charge in [0.05, 0.1) is 5.75 Å². The zero-order valence-electron chi connectivity index (χ0n) is 16.4. The number of hydrogen-bond donors (Lipinski definition) is 1. The average molecular weight is 420 g/mol. The number of amides is 1. The maximum absolute atomic E-state index is 13.1. The van der Waals surface area contributed by atoms with Crippen LogP contribution in [0.2, 0.25) is 0 Å². The van der Waals surface area contributed by atoms with E-state index in [0.717, 1.165) is 10.5 Å². The number of fused-ring (bicyclic) bond motifs is 1. The van der Waals surface area contributed by atoms with Gasteiger partial charge in [-0.2, -0.15) is 0 Å². The standard InChI is InChI=1S/C24H21NO4S/c1-17(26)29-19-13-11-18(12-14-19)15-25-23(27)21-9-5-6-10-22(21)24(25,28)16-30-20-7-3-2-4-8-20/h2-14,28H,15-16H2,1H3. The number of aliphatic hydroxyl groups is 1. The van der Waals surface area contributed by atoms with E-state index in [9.17, 15) is 14.7 Å². The summed E-state index contributed by atoms with van der Waals surface area (Å²) in [5.74, 6) is 0.161. The zero-order chi connectivity index (χ0) is 21.1. The van der Waals surface area contributed by atoms with Crippen molar-refractivity contribution in [3.05, 3.63) is 95.6 Å². The lowest BCUT2D eigenvalue weighted by molar-refractivity contribution is -0.131. The predicted octanol–water partition coefficient (Wildman–Crippen LogP) is 4.21. The Hall–Kier alpha value is -3.09. The SMILES string of the molecule is CC(=O)Oc1ccc(CN2C(=O)c3ccccc3C2(O)CSc2ccccc2)cc1. The van der Waals surface area contributed by atoms with Gasteiger partial charge in [0, 0.05) is 29.5 Å². The highest BCUT2D eigenvalue weighted by Gasteiger charge is 2.48.